The van der Waals surface area contributed by atoms with Gasteiger partial charge in [-0.2, -0.15) is 7.82 Å². The Morgan fingerprint density at radius 3 is 0.759 bits per heavy atom. The Hall–Kier alpha value is -2.35. The molecule has 0 bridgehead atoms. The summed E-state index contributed by atoms with van der Waals surface area (Å²) in [6, 6.07) is 24.4. The highest BCUT2D eigenvalue weighted by atomic mass is 31.2. The van der Waals surface area contributed by atoms with Crippen LogP contribution in [0.3, 0.4) is 0 Å². The molecule has 8 heteroatoms. The van der Waals surface area contributed by atoms with Gasteiger partial charge in [0.05, 0.1) is 0 Å². The van der Waals surface area contributed by atoms with E-state index in [9.17, 15) is 0 Å². The molecule has 0 aliphatic heterocycles. The second-order valence-corrected chi connectivity index (χ2v) is 7.30. The molecular formula is C21H30N3O4P. The van der Waals surface area contributed by atoms with Crippen LogP contribution < -0.4 is 31.9 Å². The summed E-state index contributed by atoms with van der Waals surface area (Å²) in [5.41, 5.74) is 18.4. The number of hydrogen-bond acceptors (Lipinski definition) is 4. The zero-order chi connectivity index (χ0) is 22.4. The van der Waals surface area contributed by atoms with Crippen molar-refractivity contribution in [2.45, 2.75) is 20.8 Å². The van der Waals surface area contributed by atoms with Crippen molar-refractivity contribution in [3.05, 3.63) is 89.5 Å². The van der Waals surface area contributed by atoms with Crippen LogP contribution in [0.1, 0.15) is 16.7 Å². The van der Waals surface area contributed by atoms with Gasteiger partial charge in [0.2, 0.25) is 0 Å². The fraction of sp³-hybridized carbons (Fsp3) is 0.143. The van der Waals surface area contributed by atoms with E-state index in [1.165, 1.54) is 16.7 Å². The van der Waals surface area contributed by atoms with E-state index in [1.54, 1.807) is 0 Å². The summed E-state index contributed by atoms with van der Waals surface area (Å²) in [4.78, 5) is 25.6. The van der Waals surface area contributed by atoms with Crippen LogP contribution in [0.4, 0.5) is 17.1 Å². The molecule has 0 amide bonds. The van der Waals surface area contributed by atoms with Crippen molar-refractivity contribution in [3.63, 3.8) is 0 Å². The van der Waals surface area contributed by atoms with Gasteiger partial charge in [0.25, 0.3) is 0 Å². The van der Waals surface area contributed by atoms with Crippen molar-refractivity contribution < 1.29 is 36.4 Å². The predicted octanol–water partition coefficient (Wildman–Crippen LogP) is -0.219. The first kappa shape index (κ1) is 26.6. The molecule has 3 rings (SSSR count). The van der Waals surface area contributed by atoms with Crippen LogP contribution >= 0.6 is 7.82 Å². The highest BCUT2D eigenvalue weighted by Gasteiger charge is 1.85. The molecule has 0 aliphatic carbocycles. The van der Waals surface area contributed by atoms with E-state index in [1.807, 2.05) is 36.4 Å². The Morgan fingerprint density at radius 2 is 0.655 bits per heavy atom. The number of aryl methyl sites for hydroxylation is 3. The van der Waals surface area contributed by atoms with Crippen molar-refractivity contribution in [1.29, 1.82) is 0 Å². The van der Waals surface area contributed by atoms with Gasteiger partial charge in [-0.3, -0.25) is 0 Å². The van der Waals surface area contributed by atoms with Gasteiger partial charge < -0.3 is 36.4 Å². The fourth-order valence-electron chi connectivity index (χ4n) is 1.76. The van der Waals surface area contributed by atoms with E-state index < -0.39 is 7.82 Å². The summed E-state index contributed by atoms with van der Waals surface area (Å²) >= 11 is 0. The minimum atomic E-state index is -5.39. The highest BCUT2D eigenvalue weighted by Crippen LogP contribution is 2.03. The van der Waals surface area contributed by atoms with Gasteiger partial charge in [0, 0.05) is 0 Å². The molecule has 3 aromatic carbocycles. The van der Waals surface area contributed by atoms with E-state index in [0.29, 0.717) is 0 Å². The molecule has 0 unspecified atom stereocenters. The average Bonchev–Trinajstić information content (AvgIpc) is 2.62. The van der Waals surface area contributed by atoms with Gasteiger partial charge in [-0.25, -0.2) is 0 Å². The lowest BCUT2D eigenvalue weighted by molar-refractivity contribution is -0.432. The zero-order valence-corrected chi connectivity index (χ0v) is 18.0. The summed E-state index contributed by atoms with van der Waals surface area (Å²) in [6.07, 6.45) is 0. The molecule has 29 heavy (non-hydrogen) atoms. The lowest BCUT2D eigenvalue weighted by Crippen LogP contribution is -2.39. The third-order valence-corrected chi connectivity index (χ3v) is 3.36. The summed E-state index contributed by atoms with van der Waals surface area (Å²) in [5, 5.41) is 0. The molecule has 0 atom stereocenters. The normalized spacial score (nSPS) is 9.69. The monoisotopic (exact) mass is 419 g/mol. The summed E-state index contributed by atoms with van der Waals surface area (Å²) in [6.45, 7) is 6.21. The number of benzene rings is 3. The highest BCUT2D eigenvalue weighted by molar-refractivity contribution is 7.40. The van der Waals surface area contributed by atoms with E-state index in [-0.39, 0.29) is 0 Å². The second kappa shape index (κ2) is 13.8. The maximum atomic E-state index is 8.55. The molecule has 3 aromatic rings. The summed E-state index contributed by atoms with van der Waals surface area (Å²) < 4.78 is 8.55. The Bertz CT molecular complexity index is 687. The Kier molecular flexibility index (Phi) is 12.6. The SMILES string of the molecule is Cc1ccc([NH3+])cc1.Cc1ccc([NH3+])cc1.Cc1ccc([NH3+])cc1.O=P([O-])([O-])[O-]. The Balaban J connectivity index is 0.000000367. The van der Waals surface area contributed by atoms with Crippen molar-refractivity contribution in [1.82, 2.24) is 0 Å². The van der Waals surface area contributed by atoms with Crippen LogP contribution in [0.25, 0.3) is 0 Å². The third-order valence-electron chi connectivity index (χ3n) is 3.36. The lowest BCUT2D eigenvalue weighted by atomic mass is 10.2. The van der Waals surface area contributed by atoms with Crippen LogP contribution in [-0.4, -0.2) is 0 Å². The van der Waals surface area contributed by atoms with Crippen molar-refractivity contribution in [2.75, 3.05) is 0 Å². The van der Waals surface area contributed by atoms with Gasteiger partial charge in [0.15, 0.2) is 0 Å². The molecular weight excluding hydrogens is 389 g/mol. The predicted molar refractivity (Wildman–Crippen MR) is 109 cm³/mol. The largest absolute Gasteiger partial charge is 0.822 e. The van der Waals surface area contributed by atoms with Gasteiger partial charge in [-0.15, -0.1) is 0 Å². The summed E-state index contributed by atoms with van der Waals surface area (Å²) in [5.74, 6) is 0. The molecule has 0 aromatic heterocycles. The van der Waals surface area contributed by atoms with E-state index in [2.05, 4.69) is 74.4 Å². The van der Waals surface area contributed by atoms with Crippen LogP contribution in [0, 0.1) is 20.8 Å². The van der Waals surface area contributed by atoms with Crippen LogP contribution in [-0.2, 0) is 4.57 Å². The number of rotatable bonds is 0. The van der Waals surface area contributed by atoms with Crippen LogP contribution in [0.15, 0.2) is 72.8 Å². The van der Waals surface area contributed by atoms with Crippen molar-refractivity contribution in [3.8, 4) is 0 Å². The molecule has 158 valence electrons. The first-order valence-corrected chi connectivity index (χ1v) is 10.2. The zero-order valence-electron chi connectivity index (χ0n) is 17.1. The van der Waals surface area contributed by atoms with Gasteiger partial charge in [-0.1, -0.05) is 53.1 Å². The first-order valence-electron chi connectivity index (χ1n) is 8.76. The summed E-state index contributed by atoms with van der Waals surface area (Å²) in [7, 11) is -5.39. The average molecular weight is 419 g/mol. The topological polar surface area (TPSA) is 169 Å². The standard InChI is InChI=1S/3C7H9N.H3O4P/c3*1-6-2-4-7(8)5-3-6;1-5(2,3)4/h3*2-5H,8H2,1H3;(H3,1,2,3,4). The maximum absolute atomic E-state index is 8.55. The van der Waals surface area contributed by atoms with Gasteiger partial charge in [-0.05, 0) is 57.2 Å². The first-order chi connectivity index (χ1) is 13.4. The molecule has 0 aliphatic rings. The molecule has 9 N–H and O–H groups in total. The molecule has 0 saturated carbocycles. The molecule has 0 fully saturated rings. The minimum Gasteiger partial charge on any atom is -0.822 e. The number of quaternary nitrogens is 3. The van der Waals surface area contributed by atoms with E-state index in [4.69, 9.17) is 19.2 Å². The quantitative estimate of drug-likeness (QED) is 0.428. The minimum absolute atomic E-state index is 1.08. The molecule has 0 saturated heterocycles. The van der Waals surface area contributed by atoms with E-state index >= 15 is 0 Å². The van der Waals surface area contributed by atoms with Crippen molar-refractivity contribution >= 4 is 24.9 Å². The lowest BCUT2D eigenvalue weighted by Gasteiger charge is -2.36. The van der Waals surface area contributed by atoms with E-state index in [0.717, 1.165) is 17.1 Å². The van der Waals surface area contributed by atoms with Crippen LogP contribution in [0.2, 0.25) is 0 Å². The Labute approximate surface area is 172 Å². The Morgan fingerprint density at radius 1 is 0.517 bits per heavy atom. The fourth-order valence-corrected chi connectivity index (χ4v) is 1.76. The smallest absolute Gasteiger partial charge is 0.127 e. The molecule has 0 heterocycles. The number of hydrogen-bond donors (Lipinski definition) is 3. The van der Waals surface area contributed by atoms with Crippen LogP contribution in [0.5, 0.6) is 0 Å². The maximum Gasteiger partial charge on any atom is 0.127 e. The second-order valence-electron chi connectivity index (χ2n) is 6.40. The molecule has 0 radical (unpaired) electrons. The van der Waals surface area contributed by atoms with Crippen molar-refractivity contribution in [2.24, 2.45) is 0 Å². The molecule has 7 nitrogen and oxygen atoms in total. The molecule has 0 spiro atoms. The van der Waals surface area contributed by atoms with Gasteiger partial charge >= 0.3 is 0 Å². The van der Waals surface area contributed by atoms with Gasteiger partial charge in [0.1, 0.15) is 17.1 Å². The number of phosphoric acid groups is 1. The third kappa shape index (κ3) is 18.8.